The summed E-state index contributed by atoms with van der Waals surface area (Å²) in [5.41, 5.74) is 2.70. The van der Waals surface area contributed by atoms with E-state index in [1.807, 2.05) is 31.2 Å². The Bertz CT molecular complexity index is 1100. The Hall–Kier alpha value is -2.33. The number of hydrogen-bond acceptors (Lipinski definition) is 6. The topological polar surface area (TPSA) is 92.3 Å². The third-order valence-electron chi connectivity index (χ3n) is 4.03. The molecule has 2 aromatic carbocycles. The first-order valence-electron chi connectivity index (χ1n) is 8.61. The summed E-state index contributed by atoms with van der Waals surface area (Å²) in [7, 11) is -3.58. The first kappa shape index (κ1) is 21.4. The molecule has 0 atom stereocenters. The summed E-state index contributed by atoms with van der Waals surface area (Å²) in [6.07, 6.45) is 1.08. The van der Waals surface area contributed by atoms with E-state index in [1.54, 1.807) is 24.3 Å². The lowest BCUT2D eigenvalue weighted by Gasteiger charge is -2.19. The zero-order chi connectivity index (χ0) is 21.0. The van der Waals surface area contributed by atoms with E-state index in [4.69, 9.17) is 11.6 Å². The number of anilines is 1. The van der Waals surface area contributed by atoms with Gasteiger partial charge in [-0.3, -0.25) is 10.1 Å². The summed E-state index contributed by atoms with van der Waals surface area (Å²) in [5, 5.41) is 12.1. The molecule has 0 saturated heterocycles. The van der Waals surface area contributed by atoms with E-state index < -0.39 is 15.9 Å². The van der Waals surface area contributed by atoms with E-state index in [0.717, 1.165) is 27.3 Å². The van der Waals surface area contributed by atoms with Crippen LogP contribution >= 0.6 is 22.9 Å². The molecule has 1 heterocycles. The Morgan fingerprint density at radius 3 is 2.38 bits per heavy atom. The molecule has 10 heteroatoms. The lowest BCUT2D eigenvalue weighted by Crippen LogP contribution is -2.36. The number of aromatic nitrogens is 2. The highest BCUT2D eigenvalue weighted by Crippen LogP contribution is 2.27. The number of nitrogens with one attached hydrogen (secondary N) is 1. The molecule has 29 heavy (non-hydrogen) atoms. The fourth-order valence-corrected chi connectivity index (χ4v) is 4.12. The van der Waals surface area contributed by atoms with Crippen molar-refractivity contribution in [2.45, 2.75) is 13.5 Å². The Morgan fingerprint density at radius 2 is 1.76 bits per heavy atom. The quantitative estimate of drug-likeness (QED) is 0.594. The van der Waals surface area contributed by atoms with Crippen LogP contribution < -0.4 is 5.32 Å². The highest BCUT2D eigenvalue weighted by atomic mass is 35.5. The summed E-state index contributed by atoms with van der Waals surface area (Å²) in [6.45, 7) is 1.74. The minimum absolute atomic E-state index is 0.110. The number of carbonyl (C=O) groups excluding carboxylic acids is 1. The van der Waals surface area contributed by atoms with Crippen molar-refractivity contribution in [2.24, 2.45) is 0 Å². The molecule has 7 nitrogen and oxygen atoms in total. The average molecular weight is 451 g/mol. The van der Waals surface area contributed by atoms with Crippen molar-refractivity contribution in [1.29, 1.82) is 0 Å². The van der Waals surface area contributed by atoms with E-state index >= 15 is 0 Å². The number of sulfonamides is 1. The number of halogens is 1. The van der Waals surface area contributed by atoms with Crippen molar-refractivity contribution in [2.75, 3.05) is 18.1 Å². The standard InChI is InChI=1S/C19H19ClN4O3S2/c1-13-3-5-14(6-4-13)11-24(29(2,26)27)12-17(25)21-19-23-22-18(28-19)15-7-9-16(20)10-8-15/h3-10H,11-12H2,1-2H3,(H,21,23,25). The van der Waals surface area contributed by atoms with E-state index in [-0.39, 0.29) is 13.1 Å². The van der Waals surface area contributed by atoms with E-state index in [9.17, 15) is 13.2 Å². The van der Waals surface area contributed by atoms with Crippen molar-refractivity contribution in [1.82, 2.24) is 14.5 Å². The van der Waals surface area contributed by atoms with Crippen LogP contribution in [-0.4, -0.2) is 41.6 Å². The second-order valence-corrected chi connectivity index (χ2v) is 9.88. The number of carbonyl (C=O) groups is 1. The summed E-state index contributed by atoms with van der Waals surface area (Å²) in [4.78, 5) is 12.4. The summed E-state index contributed by atoms with van der Waals surface area (Å²) in [6, 6.07) is 14.6. The Kier molecular flexibility index (Phi) is 6.63. The van der Waals surface area contributed by atoms with Gasteiger partial charge >= 0.3 is 0 Å². The van der Waals surface area contributed by atoms with Gasteiger partial charge in [-0.2, -0.15) is 4.31 Å². The third kappa shape index (κ3) is 6.07. The molecular weight excluding hydrogens is 432 g/mol. The van der Waals surface area contributed by atoms with Gasteiger partial charge in [-0.05, 0) is 24.6 Å². The van der Waals surface area contributed by atoms with Gasteiger partial charge in [0.15, 0.2) is 0 Å². The number of nitrogens with zero attached hydrogens (tertiary/aromatic N) is 3. The largest absolute Gasteiger partial charge is 0.299 e. The third-order valence-corrected chi connectivity index (χ3v) is 6.37. The molecular formula is C19H19ClN4O3S2. The van der Waals surface area contributed by atoms with E-state index in [1.165, 1.54) is 11.3 Å². The lowest BCUT2D eigenvalue weighted by atomic mass is 10.1. The molecule has 0 aliphatic rings. The number of hydrogen-bond donors (Lipinski definition) is 1. The van der Waals surface area contributed by atoms with Crippen molar-refractivity contribution < 1.29 is 13.2 Å². The second-order valence-electron chi connectivity index (χ2n) is 6.48. The summed E-state index contributed by atoms with van der Waals surface area (Å²) >= 11 is 7.08. The fourth-order valence-electron chi connectivity index (χ4n) is 2.49. The van der Waals surface area contributed by atoms with Gasteiger partial charge in [-0.15, -0.1) is 10.2 Å². The van der Waals surface area contributed by atoms with Gasteiger partial charge in [-0.25, -0.2) is 8.42 Å². The van der Waals surface area contributed by atoms with Crippen LogP contribution in [0, 0.1) is 6.92 Å². The molecule has 0 unspecified atom stereocenters. The predicted octanol–water partition coefficient (Wildman–Crippen LogP) is 3.57. The minimum Gasteiger partial charge on any atom is -0.299 e. The zero-order valence-electron chi connectivity index (χ0n) is 15.8. The van der Waals surface area contributed by atoms with Crippen LogP contribution in [0.15, 0.2) is 48.5 Å². The maximum atomic E-state index is 12.4. The van der Waals surface area contributed by atoms with Gasteiger partial charge in [-0.1, -0.05) is 64.9 Å². The van der Waals surface area contributed by atoms with Crippen LogP contribution in [0.5, 0.6) is 0 Å². The highest BCUT2D eigenvalue weighted by Gasteiger charge is 2.21. The Morgan fingerprint density at radius 1 is 1.10 bits per heavy atom. The van der Waals surface area contributed by atoms with Crippen LogP contribution in [-0.2, 0) is 21.4 Å². The van der Waals surface area contributed by atoms with Gasteiger partial charge < -0.3 is 0 Å². The fraction of sp³-hybridized carbons (Fsp3) is 0.211. The smallest absolute Gasteiger partial charge is 0.241 e. The maximum Gasteiger partial charge on any atom is 0.241 e. The molecule has 0 aliphatic carbocycles. The average Bonchev–Trinajstić information content (AvgIpc) is 3.11. The van der Waals surface area contributed by atoms with Gasteiger partial charge in [0.05, 0.1) is 12.8 Å². The monoisotopic (exact) mass is 450 g/mol. The summed E-state index contributed by atoms with van der Waals surface area (Å²) < 4.78 is 25.4. The molecule has 0 aliphatic heterocycles. The molecule has 152 valence electrons. The molecule has 0 spiro atoms. The molecule has 1 amide bonds. The van der Waals surface area contributed by atoms with Gasteiger partial charge in [0.25, 0.3) is 0 Å². The van der Waals surface area contributed by atoms with Crippen LogP contribution in [0.25, 0.3) is 10.6 Å². The molecule has 0 saturated carbocycles. The molecule has 1 N–H and O–H groups in total. The first-order valence-corrected chi connectivity index (χ1v) is 11.6. The Balaban J connectivity index is 1.67. The highest BCUT2D eigenvalue weighted by molar-refractivity contribution is 7.88. The SMILES string of the molecule is Cc1ccc(CN(CC(=O)Nc2nnc(-c3ccc(Cl)cc3)s2)S(C)(=O)=O)cc1. The van der Waals surface area contributed by atoms with Crippen molar-refractivity contribution in [3.8, 4) is 10.6 Å². The normalized spacial score (nSPS) is 11.6. The molecule has 0 bridgehead atoms. The zero-order valence-corrected chi connectivity index (χ0v) is 18.2. The van der Waals surface area contributed by atoms with Gasteiger partial charge in [0.1, 0.15) is 5.01 Å². The van der Waals surface area contributed by atoms with Crippen molar-refractivity contribution in [3.63, 3.8) is 0 Å². The Labute approximate surface area is 178 Å². The van der Waals surface area contributed by atoms with Crippen LogP contribution in [0.1, 0.15) is 11.1 Å². The molecule has 1 aromatic heterocycles. The van der Waals surface area contributed by atoms with Crippen molar-refractivity contribution >= 4 is 44.0 Å². The summed E-state index contributed by atoms with van der Waals surface area (Å²) in [5.74, 6) is -0.485. The minimum atomic E-state index is -3.58. The van der Waals surface area contributed by atoms with Gasteiger partial charge in [0.2, 0.25) is 21.1 Å². The van der Waals surface area contributed by atoms with E-state index in [0.29, 0.717) is 15.2 Å². The van der Waals surface area contributed by atoms with Crippen LogP contribution in [0.4, 0.5) is 5.13 Å². The number of rotatable bonds is 7. The number of amides is 1. The molecule has 3 rings (SSSR count). The number of benzene rings is 2. The van der Waals surface area contributed by atoms with Crippen LogP contribution in [0.2, 0.25) is 5.02 Å². The molecule has 0 radical (unpaired) electrons. The lowest BCUT2D eigenvalue weighted by molar-refractivity contribution is -0.116. The second kappa shape index (κ2) is 9.00. The van der Waals surface area contributed by atoms with Crippen LogP contribution in [0.3, 0.4) is 0 Å². The molecule has 3 aromatic rings. The molecule has 0 fully saturated rings. The number of aryl methyl sites for hydroxylation is 1. The van der Waals surface area contributed by atoms with E-state index in [2.05, 4.69) is 15.5 Å². The maximum absolute atomic E-state index is 12.4. The van der Waals surface area contributed by atoms with Gasteiger partial charge in [0, 0.05) is 17.1 Å². The first-order chi connectivity index (χ1) is 13.7. The predicted molar refractivity (Wildman–Crippen MR) is 115 cm³/mol. The van der Waals surface area contributed by atoms with Crippen molar-refractivity contribution in [3.05, 3.63) is 64.7 Å².